The van der Waals surface area contributed by atoms with Crippen molar-refractivity contribution in [3.8, 4) is 0 Å². The summed E-state index contributed by atoms with van der Waals surface area (Å²) in [4.78, 5) is 0.338. The first kappa shape index (κ1) is 15.3. The third-order valence-corrected chi connectivity index (χ3v) is 5.45. The van der Waals surface area contributed by atoms with E-state index in [4.69, 9.17) is 0 Å². The second kappa shape index (κ2) is 7.09. The molecule has 5 heteroatoms. The van der Waals surface area contributed by atoms with Gasteiger partial charge >= 0.3 is 0 Å². The molecule has 2 rings (SSSR count). The first-order valence-corrected chi connectivity index (χ1v) is 8.91. The van der Waals surface area contributed by atoms with Crippen molar-refractivity contribution >= 4 is 15.7 Å². The average Bonchev–Trinajstić information content (AvgIpc) is 2.41. The first-order valence-electron chi connectivity index (χ1n) is 7.42. The molecule has 4 nitrogen and oxygen atoms in total. The van der Waals surface area contributed by atoms with E-state index < -0.39 is 10.0 Å². The van der Waals surface area contributed by atoms with Crippen LogP contribution in [0.25, 0.3) is 0 Å². The van der Waals surface area contributed by atoms with Gasteiger partial charge < -0.3 is 5.32 Å². The van der Waals surface area contributed by atoms with E-state index in [2.05, 4.69) is 10.0 Å². The van der Waals surface area contributed by atoms with Crippen molar-refractivity contribution in [2.75, 3.05) is 12.4 Å². The van der Waals surface area contributed by atoms with E-state index in [-0.39, 0.29) is 6.04 Å². The van der Waals surface area contributed by atoms with Gasteiger partial charge in [0.2, 0.25) is 10.0 Å². The van der Waals surface area contributed by atoms with Gasteiger partial charge in [-0.25, -0.2) is 13.1 Å². The highest BCUT2D eigenvalue weighted by atomic mass is 32.2. The van der Waals surface area contributed by atoms with Crippen molar-refractivity contribution in [3.63, 3.8) is 0 Å². The minimum atomic E-state index is -3.44. The van der Waals surface area contributed by atoms with Crippen molar-refractivity contribution in [2.24, 2.45) is 0 Å². The summed E-state index contributed by atoms with van der Waals surface area (Å²) < 4.78 is 27.9. The third kappa shape index (κ3) is 3.96. The fourth-order valence-corrected chi connectivity index (χ4v) is 4.28. The van der Waals surface area contributed by atoms with Crippen LogP contribution in [-0.2, 0) is 10.0 Å². The van der Waals surface area contributed by atoms with Crippen molar-refractivity contribution in [1.82, 2.24) is 4.72 Å². The summed E-state index contributed by atoms with van der Waals surface area (Å²) in [6.07, 6.45) is 7.82. The zero-order valence-corrected chi connectivity index (χ0v) is 12.9. The Hall–Kier alpha value is -1.07. The lowest BCUT2D eigenvalue weighted by Crippen LogP contribution is -2.35. The van der Waals surface area contributed by atoms with Gasteiger partial charge in [-0.05, 0) is 25.0 Å². The Bertz CT molecular complexity index is 520. The van der Waals surface area contributed by atoms with Crippen LogP contribution in [0.2, 0.25) is 0 Å². The number of rotatable bonds is 4. The highest BCUT2D eigenvalue weighted by Gasteiger charge is 2.22. The number of anilines is 1. The highest BCUT2D eigenvalue weighted by Crippen LogP contribution is 2.23. The molecule has 1 fully saturated rings. The second-order valence-corrected chi connectivity index (χ2v) is 7.09. The fraction of sp³-hybridized carbons (Fsp3) is 0.600. The van der Waals surface area contributed by atoms with E-state index in [0.717, 1.165) is 25.7 Å². The molecule has 1 aliphatic rings. The van der Waals surface area contributed by atoms with Gasteiger partial charge in [-0.1, -0.05) is 44.2 Å². The number of benzene rings is 1. The van der Waals surface area contributed by atoms with Crippen LogP contribution < -0.4 is 10.0 Å². The molecule has 0 saturated heterocycles. The molecule has 0 spiro atoms. The maximum atomic E-state index is 12.5. The molecule has 0 heterocycles. The van der Waals surface area contributed by atoms with E-state index in [9.17, 15) is 8.42 Å². The molecule has 0 unspecified atom stereocenters. The summed E-state index contributed by atoms with van der Waals surface area (Å²) in [5.74, 6) is 0. The molecule has 1 saturated carbocycles. The van der Waals surface area contributed by atoms with Crippen LogP contribution in [0.1, 0.15) is 44.9 Å². The lowest BCUT2D eigenvalue weighted by molar-refractivity contribution is 0.426. The lowest BCUT2D eigenvalue weighted by atomic mass is 9.97. The van der Waals surface area contributed by atoms with E-state index in [1.807, 2.05) is 6.07 Å². The SMILES string of the molecule is CNc1ccccc1S(=O)(=O)NC1CCCCCCC1. The van der Waals surface area contributed by atoms with Crippen LogP contribution in [0.4, 0.5) is 5.69 Å². The van der Waals surface area contributed by atoms with Crippen LogP contribution in [0.5, 0.6) is 0 Å². The predicted molar refractivity (Wildman–Crippen MR) is 82.4 cm³/mol. The van der Waals surface area contributed by atoms with Gasteiger partial charge in [0.25, 0.3) is 0 Å². The van der Waals surface area contributed by atoms with Crippen molar-refractivity contribution in [2.45, 2.75) is 55.9 Å². The molecule has 0 bridgehead atoms. The number of hydrogen-bond acceptors (Lipinski definition) is 3. The van der Waals surface area contributed by atoms with Gasteiger partial charge in [0, 0.05) is 13.1 Å². The summed E-state index contributed by atoms with van der Waals surface area (Å²) in [7, 11) is -1.70. The zero-order chi connectivity index (χ0) is 14.4. The van der Waals surface area contributed by atoms with Gasteiger partial charge in [-0.2, -0.15) is 0 Å². The molecular weight excluding hydrogens is 272 g/mol. The van der Waals surface area contributed by atoms with Crippen LogP contribution in [0, 0.1) is 0 Å². The normalized spacial score (nSPS) is 18.2. The van der Waals surface area contributed by atoms with Crippen molar-refractivity contribution in [1.29, 1.82) is 0 Å². The highest BCUT2D eigenvalue weighted by molar-refractivity contribution is 7.89. The molecule has 1 aromatic carbocycles. The summed E-state index contributed by atoms with van der Waals surface area (Å²) in [5, 5.41) is 2.94. The summed E-state index contributed by atoms with van der Waals surface area (Å²) >= 11 is 0. The number of nitrogens with one attached hydrogen (secondary N) is 2. The minimum absolute atomic E-state index is 0.0743. The molecule has 1 aliphatic carbocycles. The van der Waals surface area contributed by atoms with E-state index in [1.165, 1.54) is 19.3 Å². The summed E-state index contributed by atoms with van der Waals surface area (Å²) in [6, 6.07) is 7.10. The Morgan fingerprint density at radius 3 is 2.25 bits per heavy atom. The minimum Gasteiger partial charge on any atom is -0.387 e. The largest absolute Gasteiger partial charge is 0.387 e. The maximum Gasteiger partial charge on any atom is 0.242 e. The Balaban J connectivity index is 2.13. The Morgan fingerprint density at radius 1 is 1.00 bits per heavy atom. The lowest BCUT2D eigenvalue weighted by Gasteiger charge is -2.21. The maximum absolute atomic E-state index is 12.5. The first-order chi connectivity index (χ1) is 9.63. The van der Waals surface area contributed by atoms with Gasteiger partial charge in [0.1, 0.15) is 4.90 Å². The van der Waals surface area contributed by atoms with E-state index >= 15 is 0 Å². The molecule has 0 radical (unpaired) electrons. The quantitative estimate of drug-likeness (QED) is 0.897. The Morgan fingerprint density at radius 2 is 1.60 bits per heavy atom. The Labute approximate surface area is 122 Å². The molecule has 112 valence electrons. The molecular formula is C15H24N2O2S. The molecule has 0 aromatic heterocycles. The van der Waals surface area contributed by atoms with Gasteiger partial charge in [-0.15, -0.1) is 0 Å². The van der Waals surface area contributed by atoms with Crippen LogP contribution >= 0.6 is 0 Å². The van der Waals surface area contributed by atoms with Gasteiger partial charge in [-0.3, -0.25) is 0 Å². The van der Waals surface area contributed by atoms with Crippen molar-refractivity contribution < 1.29 is 8.42 Å². The van der Waals surface area contributed by atoms with Crippen LogP contribution in [-0.4, -0.2) is 21.5 Å². The molecule has 0 aliphatic heterocycles. The molecule has 0 amide bonds. The molecule has 0 atom stereocenters. The van der Waals surface area contributed by atoms with E-state index in [0.29, 0.717) is 10.6 Å². The average molecular weight is 296 g/mol. The molecule has 1 aromatic rings. The Kier molecular flexibility index (Phi) is 5.43. The number of para-hydroxylation sites is 1. The standard InChI is InChI=1S/C15H24N2O2S/c1-16-14-11-7-8-12-15(14)20(18,19)17-13-9-5-3-2-4-6-10-13/h7-8,11-13,16-17H,2-6,9-10H2,1H3. The van der Waals surface area contributed by atoms with Crippen molar-refractivity contribution in [3.05, 3.63) is 24.3 Å². The van der Waals surface area contributed by atoms with E-state index in [1.54, 1.807) is 25.2 Å². The van der Waals surface area contributed by atoms with Gasteiger partial charge in [0.05, 0.1) is 5.69 Å². The van der Waals surface area contributed by atoms with Gasteiger partial charge in [0.15, 0.2) is 0 Å². The smallest absolute Gasteiger partial charge is 0.242 e. The third-order valence-electron chi connectivity index (χ3n) is 3.87. The second-order valence-electron chi connectivity index (χ2n) is 5.41. The topological polar surface area (TPSA) is 58.2 Å². The summed E-state index contributed by atoms with van der Waals surface area (Å²) in [6.45, 7) is 0. The molecule has 20 heavy (non-hydrogen) atoms. The molecule has 2 N–H and O–H groups in total. The monoisotopic (exact) mass is 296 g/mol. The fourth-order valence-electron chi connectivity index (χ4n) is 2.76. The summed E-state index contributed by atoms with van der Waals surface area (Å²) in [5.41, 5.74) is 0.644. The van der Waals surface area contributed by atoms with Crippen LogP contribution in [0.3, 0.4) is 0 Å². The zero-order valence-electron chi connectivity index (χ0n) is 12.1. The number of sulfonamides is 1. The predicted octanol–water partition coefficient (Wildman–Crippen LogP) is 3.12. The van der Waals surface area contributed by atoms with Crippen LogP contribution in [0.15, 0.2) is 29.2 Å². The number of hydrogen-bond donors (Lipinski definition) is 2.